The van der Waals surface area contributed by atoms with Crippen molar-refractivity contribution in [2.45, 2.75) is 52.6 Å². The Kier molecular flexibility index (Phi) is 6.20. The van der Waals surface area contributed by atoms with Gasteiger partial charge in [-0.05, 0) is 38.6 Å². The van der Waals surface area contributed by atoms with Crippen molar-refractivity contribution in [1.82, 2.24) is 20.5 Å². The van der Waals surface area contributed by atoms with Gasteiger partial charge in [0.1, 0.15) is 5.01 Å². The van der Waals surface area contributed by atoms with Gasteiger partial charge in [-0.15, -0.1) is 11.3 Å². The van der Waals surface area contributed by atoms with Crippen LogP contribution in [-0.2, 0) is 6.54 Å². The van der Waals surface area contributed by atoms with Gasteiger partial charge in [0, 0.05) is 24.5 Å². The number of rotatable bonds is 6. The SMILES string of the molecule is CC(C)NC(=O)NC[C@@H]1CCN(Cc2nc(C(C)C)cs2)C1. The van der Waals surface area contributed by atoms with E-state index < -0.39 is 0 Å². The minimum absolute atomic E-state index is 0.0602. The Hall–Kier alpha value is -1.14. The van der Waals surface area contributed by atoms with Gasteiger partial charge in [0.2, 0.25) is 0 Å². The van der Waals surface area contributed by atoms with Crippen LogP contribution in [-0.4, -0.2) is 41.6 Å². The van der Waals surface area contributed by atoms with Crippen LogP contribution >= 0.6 is 11.3 Å². The number of amides is 2. The molecular weight excluding hydrogens is 296 g/mol. The Bertz CT molecular complexity index is 486. The first kappa shape index (κ1) is 17.2. The van der Waals surface area contributed by atoms with Gasteiger partial charge < -0.3 is 10.6 Å². The number of nitrogens with one attached hydrogen (secondary N) is 2. The largest absolute Gasteiger partial charge is 0.338 e. The summed E-state index contributed by atoms with van der Waals surface area (Å²) in [6.45, 7) is 12.1. The molecule has 0 unspecified atom stereocenters. The third-order valence-corrected chi connectivity index (χ3v) is 4.71. The predicted octanol–water partition coefficient (Wildman–Crippen LogP) is 2.80. The molecule has 2 amide bonds. The monoisotopic (exact) mass is 324 g/mol. The lowest BCUT2D eigenvalue weighted by Crippen LogP contribution is -2.41. The molecule has 1 aliphatic heterocycles. The van der Waals surface area contributed by atoms with Crippen molar-refractivity contribution >= 4 is 17.4 Å². The van der Waals surface area contributed by atoms with Crippen LogP contribution in [0.5, 0.6) is 0 Å². The van der Waals surface area contributed by atoms with E-state index in [4.69, 9.17) is 4.98 Å². The summed E-state index contributed by atoms with van der Waals surface area (Å²) in [7, 11) is 0. The highest BCUT2D eigenvalue weighted by Gasteiger charge is 2.23. The maximum absolute atomic E-state index is 11.6. The summed E-state index contributed by atoms with van der Waals surface area (Å²) in [4.78, 5) is 18.7. The molecule has 2 rings (SSSR count). The lowest BCUT2D eigenvalue weighted by atomic mass is 10.1. The molecule has 1 atom stereocenters. The zero-order valence-corrected chi connectivity index (χ0v) is 14.9. The van der Waals surface area contributed by atoms with E-state index in [2.05, 4.69) is 34.8 Å². The number of likely N-dealkylation sites (tertiary alicyclic amines) is 1. The fraction of sp³-hybridized carbons (Fsp3) is 0.750. The van der Waals surface area contributed by atoms with Crippen molar-refractivity contribution in [3.63, 3.8) is 0 Å². The van der Waals surface area contributed by atoms with Crippen LogP contribution in [0.2, 0.25) is 0 Å². The van der Waals surface area contributed by atoms with Gasteiger partial charge >= 0.3 is 6.03 Å². The van der Waals surface area contributed by atoms with E-state index in [-0.39, 0.29) is 12.1 Å². The minimum Gasteiger partial charge on any atom is -0.338 e. The zero-order valence-electron chi connectivity index (χ0n) is 14.1. The normalized spacial score (nSPS) is 19.1. The van der Waals surface area contributed by atoms with Crippen molar-refractivity contribution < 1.29 is 4.79 Å². The molecule has 22 heavy (non-hydrogen) atoms. The molecule has 0 bridgehead atoms. The zero-order chi connectivity index (χ0) is 16.1. The minimum atomic E-state index is -0.0602. The highest BCUT2D eigenvalue weighted by atomic mass is 32.1. The molecule has 124 valence electrons. The Morgan fingerprint density at radius 1 is 1.45 bits per heavy atom. The van der Waals surface area contributed by atoms with Crippen LogP contribution in [0.15, 0.2) is 5.38 Å². The molecule has 0 aliphatic carbocycles. The number of thiazole rings is 1. The molecular formula is C16H28N4OS. The predicted molar refractivity (Wildman–Crippen MR) is 91.3 cm³/mol. The van der Waals surface area contributed by atoms with E-state index in [1.165, 1.54) is 10.7 Å². The number of carbonyl (C=O) groups is 1. The molecule has 0 aromatic carbocycles. The summed E-state index contributed by atoms with van der Waals surface area (Å²) in [6, 6.07) is 0.120. The van der Waals surface area contributed by atoms with Gasteiger partial charge in [-0.1, -0.05) is 13.8 Å². The van der Waals surface area contributed by atoms with E-state index in [1.54, 1.807) is 11.3 Å². The molecule has 1 fully saturated rings. The maximum Gasteiger partial charge on any atom is 0.314 e. The first-order valence-corrected chi connectivity index (χ1v) is 9.03. The number of nitrogens with zero attached hydrogens (tertiary/aromatic N) is 2. The molecule has 1 saturated heterocycles. The second-order valence-electron chi connectivity index (χ2n) is 6.72. The van der Waals surface area contributed by atoms with Crippen LogP contribution in [0, 0.1) is 5.92 Å². The summed E-state index contributed by atoms with van der Waals surface area (Å²) >= 11 is 1.76. The molecule has 2 heterocycles. The van der Waals surface area contributed by atoms with E-state index in [0.29, 0.717) is 11.8 Å². The maximum atomic E-state index is 11.6. The highest BCUT2D eigenvalue weighted by Crippen LogP contribution is 2.22. The summed E-state index contributed by atoms with van der Waals surface area (Å²) in [5, 5.41) is 9.20. The fourth-order valence-electron chi connectivity index (χ4n) is 2.63. The van der Waals surface area contributed by atoms with Gasteiger partial charge in [-0.3, -0.25) is 4.90 Å². The van der Waals surface area contributed by atoms with Crippen molar-refractivity contribution in [3.05, 3.63) is 16.1 Å². The third kappa shape index (κ3) is 5.25. The van der Waals surface area contributed by atoms with Crippen LogP contribution in [0.25, 0.3) is 0 Å². The first-order valence-electron chi connectivity index (χ1n) is 8.15. The summed E-state index contributed by atoms with van der Waals surface area (Å²) in [5.41, 5.74) is 1.20. The van der Waals surface area contributed by atoms with Gasteiger partial charge in [0.05, 0.1) is 12.2 Å². The third-order valence-electron chi connectivity index (χ3n) is 3.86. The Morgan fingerprint density at radius 2 is 2.23 bits per heavy atom. The van der Waals surface area contributed by atoms with Crippen LogP contribution in [0.4, 0.5) is 4.79 Å². The van der Waals surface area contributed by atoms with Gasteiger partial charge in [0.15, 0.2) is 0 Å². The fourth-order valence-corrected chi connectivity index (χ4v) is 3.62. The van der Waals surface area contributed by atoms with Gasteiger partial charge in [-0.2, -0.15) is 0 Å². The average Bonchev–Trinajstić information content (AvgIpc) is 3.05. The number of urea groups is 1. The quantitative estimate of drug-likeness (QED) is 0.846. The Morgan fingerprint density at radius 3 is 2.86 bits per heavy atom. The van der Waals surface area contributed by atoms with E-state index >= 15 is 0 Å². The van der Waals surface area contributed by atoms with Crippen molar-refractivity contribution in [1.29, 1.82) is 0 Å². The lowest BCUT2D eigenvalue weighted by Gasteiger charge is -2.15. The highest BCUT2D eigenvalue weighted by molar-refractivity contribution is 7.09. The van der Waals surface area contributed by atoms with Crippen LogP contribution in [0.3, 0.4) is 0 Å². The van der Waals surface area contributed by atoms with E-state index in [1.807, 2.05) is 13.8 Å². The Balaban J connectivity index is 1.72. The van der Waals surface area contributed by atoms with Gasteiger partial charge in [0.25, 0.3) is 0 Å². The summed E-state index contributed by atoms with van der Waals surface area (Å²) in [5.74, 6) is 1.04. The lowest BCUT2D eigenvalue weighted by molar-refractivity contribution is 0.236. The second-order valence-corrected chi connectivity index (χ2v) is 7.66. The molecule has 0 radical (unpaired) electrons. The van der Waals surface area contributed by atoms with E-state index in [9.17, 15) is 4.79 Å². The topological polar surface area (TPSA) is 57.3 Å². The molecule has 0 spiro atoms. The van der Waals surface area contributed by atoms with Crippen LogP contribution in [0.1, 0.15) is 50.7 Å². The molecule has 6 heteroatoms. The second kappa shape index (κ2) is 7.92. The number of aromatic nitrogens is 1. The van der Waals surface area contributed by atoms with E-state index in [0.717, 1.165) is 32.6 Å². The molecule has 0 saturated carbocycles. The van der Waals surface area contributed by atoms with Crippen molar-refractivity contribution in [2.24, 2.45) is 5.92 Å². The summed E-state index contributed by atoms with van der Waals surface area (Å²) in [6.07, 6.45) is 1.14. The smallest absolute Gasteiger partial charge is 0.314 e. The van der Waals surface area contributed by atoms with Crippen molar-refractivity contribution in [2.75, 3.05) is 19.6 Å². The van der Waals surface area contributed by atoms with Crippen LogP contribution < -0.4 is 10.6 Å². The molecule has 2 N–H and O–H groups in total. The van der Waals surface area contributed by atoms with Gasteiger partial charge in [-0.25, -0.2) is 9.78 Å². The molecule has 1 aliphatic rings. The number of hydrogen-bond acceptors (Lipinski definition) is 4. The number of carbonyl (C=O) groups excluding carboxylic acids is 1. The first-order chi connectivity index (χ1) is 10.4. The molecule has 5 nitrogen and oxygen atoms in total. The van der Waals surface area contributed by atoms with Crippen molar-refractivity contribution in [3.8, 4) is 0 Å². The average molecular weight is 324 g/mol. The standard InChI is InChI=1S/C16H28N4OS/c1-11(2)14-10-22-15(19-14)9-20-6-5-13(8-20)7-17-16(21)18-12(3)4/h10-13H,5-9H2,1-4H3,(H2,17,18,21)/t13-/m0/s1. The molecule has 1 aromatic rings. The number of hydrogen-bond donors (Lipinski definition) is 2. The molecule has 1 aromatic heterocycles. The Labute approximate surface area is 137 Å². The summed E-state index contributed by atoms with van der Waals surface area (Å²) < 4.78 is 0.